The first kappa shape index (κ1) is 12.4. The van der Waals surface area contributed by atoms with Crippen LogP contribution in [0.3, 0.4) is 0 Å². The van der Waals surface area contributed by atoms with E-state index in [1.807, 2.05) is 20.8 Å². The fourth-order valence-corrected chi connectivity index (χ4v) is 0.959. The van der Waals surface area contributed by atoms with E-state index in [1.54, 1.807) is 6.92 Å². The minimum atomic E-state index is -0.718. The number of hydrogen-bond acceptors (Lipinski definition) is 4. The summed E-state index contributed by atoms with van der Waals surface area (Å²) >= 11 is 0. The molecule has 0 radical (unpaired) electrons. The molecule has 0 aliphatic rings. The summed E-state index contributed by atoms with van der Waals surface area (Å²) in [5.41, 5.74) is 5.28. The zero-order valence-corrected chi connectivity index (χ0v) is 8.96. The van der Waals surface area contributed by atoms with Crippen molar-refractivity contribution in [2.45, 2.75) is 45.4 Å². The first-order valence-corrected chi connectivity index (χ1v) is 4.29. The quantitative estimate of drug-likeness (QED) is 0.663. The van der Waals surface area contributed by atoms with Crippen molar-refractivity contribution in [2.24, 2.45) is 5.73 Å². The number of ether oxygens (including phenoxy) is 2. The standard InChI is InChI=1S/C9H19NO3/c1-6(13-9(2,3)4)7(10)8(11)12-5/h6-7H,10H2,1-5H3. The molecule has 0 amide bonds. The van der Waals surface area contributed by atoms with Crippen molar-refractivity contribution in [3.05, 3.63) is 0 Å². The molecule has 0 aliphatic carbocycles. The summed E-state index contributed by atoms with van der Waals surface area (Å²) in [6, 6.07) is -0.718. The number of carbonyl (C=O) groups is 1. The van der Waals surface area contributed by atoms with Gasteiger partial charge in [-0.2, -0.15) is 0 Å². The van der Waals surface area contributed by atoms with E-state index in [1.165, 1.54) is 7.11 Å². The average Bonchev–Trinajstić information content (AvgIpc) is 1.98. The van der Waals surface area contributed by atoms with Crippen LogP contribution in [0.25, 0.3) is 0 Å². The van der Waals surface area contributed by atoms with Crippen LogP contribution in [0.4, 0.5) is 0 Å². The van der Waals surface area contributed by atoms with Gasteiger partial charge >= 0.3 is 5.97 Å². The minimum Gasteiger partial charge on any atom is -0.468 e. The maximum atomic E-state index is 11.0. The molecule has 0 saturated carbocycles. The van der Waals surface area contributed by atoms with Gasteiger partial charge in [-0.3, -0.25) is 4.79 Å². The molecule has 13 heavy (non-hydrogen) atoms. The zero-order valence-electron chi connectivity index (χ0n) is 8.96. The van der Waals surface area contributed by atoms with Crippen LogP contribution in [-0.4, -0.2) is 30.8 Å². The Morgan fingerprint density at radius 2 is 1.85 bits per heavy atom. The van der Waals surface area contributed by atoms with Crippen LogP contribution >= 0.6 is 0 Å². The second kappa shape index (κ2) is 4.58. The third kappa shape index (κ3) is 4.85. The molecule has 2 unspecified atom stereocenters. The van der Waals surface area contributed by atoms with E-state index in [-0.39, 0.29) is 11.7 Å². The lowest BCUT2D eigenvalue weighted by Crippen LogP contribution is -2.45. The highest BCUT2D eigenvalue weighted by Crippen LogP contribution is 2.12. The Balaban J connectivity index is 4.11. The molecule has 0 aromatic rings. The van der Waals surface area contributed by atoms with Crippen LogP contribution in [0, 0.1) is 0 Å². The van der Waals surface area contributed by atoms with Crippen LogP contribution in [0.5, 0.6) is 0 Å². The Bertz CT molecular complexity index is 174. The maximum absolute atomic E-state index is 11.0. The van der Waals surface area contributed by atoms with Crippen LogP contribution in [0.15, 0.2) is 0 Å². The molecule has 0 aromatic carbocycles. The number of nitrogens with two attached hydrogens (primary N) is 1. The summed E-state index contributed by atoms with van der Waals surface area (Å²) in [6.45, 7) is 7.49. The van der Waals surface area contributed by atoms with Gasteiger partial charge in [-0.1, -0.05) is 0 Å². The molecule has 2 atom stereocenters. The molecule has 0 bridgehead atoms. The van der Waals surface area contributed by atoms with Gasteiger partial charge in [0.1, 0.15) is 6.04 Å². The summed E-state index contributed by atoms with van der Waals surface area (Å²) in [5.74, 6) is -0.447. The van der Waals surface area contributed by atoms with E-state index in [4.69, 9.17) is 10.5 Å². The Kier molecular flexibility index (Phi) is 4.36. The average molecular weight is 189 g/mol. The minimum absolute atomic E-state index is 0.301. The highest BCUT2D eigenvalue weighted by atomic mass is 16.5. The largest absolute Gasteiger partial charge is 0.468 e. The zero-order chi connectivity index (χ0) is 10.6. The first-order valence-electron chi connectivity index (χ1n) is 4.29. The fourth-order valence-electron chi connectivity index (χ4n) is 0.959. The number of esters is 1. The number of rotatable bonds is 3. The van der Waals surface area contributed by atoms with Crippen molar-refractivity contribution in [3.63, 3.8) is 0 Å². The Labute approximate surface area is 79.4 Å². The molecule has 0 aliphatic heterocycles. The van der Waals surface area contributed by atoms with Crippen molar-refractivity contribution in [3.8, 4) is 0 Å². The van der Waals surface area contributed by atoms with E-state index in [9.17, 15) is 4.79 Å². The second-order valence-corrected chi connectivity index (χ2v) is 3.98. The number of hydrogen-bond donors (Lipinski definition) is 1. The van der Waals surface area contributed by atoms with E-state index < -0.39 is 12.0 Å². The van der Waals surface area contributed by atoms with Crippen LogP contribution in [0.2, 0.25) is 0 Å². The lowest BCUT2D eigenvalue weighted by atomic mass is 10.1. The molecular weight excluding hydrogens is 170 g/mol. The van der Waals surface area contributed by atoms with Gasteiger partial charge in [-0.25, -0.2) is 0 Å². The molecule has 0 fully saturated rings. The fraction of sp³-hybridized carbons (Fsp3) is 0.889. The van der Waals surface area contributed by atoms with E-state index in [0.717, 1.165) is 0 Å². The Morgan fingerprint density at radius 1 is 1.38 bits per heavy atom. The van der Waals surface area contributed by atoms with E-state index in [0.29, 0.717) is 0 Å². The monoisotopic (exact) mass is 189 g/mol. The van der Waals surface area contributed by atoms with Crippen LogP contribution in [0.1, 0.15) is 27.7 Å². The summed E-state index contributed by atoms with van der Waals surface area (Å²) in [7, 11) is 1.31. The topological polar surface area (TPSA) is 61.5 Å². The highest BCUT2D eigenvalue weighted by molar-refractivity contribution is 5.75. The van der Waals surface area contributed by atoms with Gasteiger partial charge in [0.25, 0.3) is 0 Å². The molecule has 78 valence electrons. The van der Waals surface area contributed by atoms with Gasteiger partial charge in [-0.05, 0) is 27.7 Å². The normalized spacial score (nSPS) is 16.5. The molecule has 0 rings (SSSR count). The van der Waals surface area contributed by atoms with Crippen molar-refractivity contribution in [2.75, 3.05) is 7.11 Å². The van der Waals surface area contributed by atoms with Gasteiger partial charge in [0.05, 0.1) is 18.8 Å². The van der Waals surface area contributed by atoms with Gasteiger partial charge in [-0.15, -0.1) is 0 Å². The Morgan fingerprint density at radius 3 is 2.15 bits per heavy atom. The number of carbonyl (C=O) groups excluding carboxylic acids is 1. The Hall–Kier alpha value is -0.610. The maximum Gasteiger partial charge on any atom is 0.325 e. The van der Waals surface area contributed by atoms with Gasteiger partial charge in [0.15, 0.2) is 0 Å². The van der Waals surface area contributed by atoms with Crippen molar-refractivity contribution in [1.82, 2.24) is 0 Å². The van der Waals surface area contributed by atoms with Crippen molar-refractivity contribution in [1.29, 1.82) is 0 Å². The summed E-state index contributed by atoms with van der Waals surface area (Å²) < 4.78 is 10.0. The summed E-state index contributed by atoms with van der Waals surface area (Å²) in [6.07, 6.45) is -0.340. The molecule has 2 N–H and O–H groups in total. The summed E-state index contributed by atoms with van der Waals surface area (Å²) in [4.78, 5) is 11.0. The SMILES string of the molecule is COC(=O)C(N)C(C)OC(C)(C)C. The molecule has 0 aromatic heterocycles. The second-order valence-electron chi connectivity index (χ2n) is 3.98. The molecule has 0 saturated heterocycles. The number of methoxy groups -OCH3 is 1. The third-order valence-corrected chi connectivity index (χ3v) is 1.52. The lowest BCUT2D eigenvalue weighted by molar-refractivity contribution is -0.149. The van der Waals surface area contributed by atoms with Crippen LogP contribution in [-0.2, 0) is 14.3 Å². The van der Waals surface area contributed by atoms with E-state index in [2.05, 4.69) is 4.74 Å². The van der Waals surface area contributed by atoms with E-state index >= 15 is 0 Å². The third-order valence-electron chi connectivity index (χ3n) is 1.52. The molecule has 4 heteroatoms. The van der Waals surface area contributed by atoms with Gasteiger partial charge < -0.3 is 15.2 Å². The lowest BCUT2D eigenvalue weighted by Gasteiger charge is -2.27. The van der Waals surface area contributed by atoms with Crippen LogP contribution < -0.4 is 5.73 Å². The van der Waals surface area contributed by atoms with Crippen molar-refractivity contribution >= 4 is 5.97 Å². The molecular formula is C9H19NO3. The van der Waals surface area contributed by atoms with Gasteiger partial charge in [0.2, 0.25) is 0 Å². The molecule has 0 spiro atoms. The molecule has 4 nitrogen and oxygen atoms in total. The smallest absolute Gasteiger partial charge is 0.325 e. The van der Waals surface area contributed by atoms with Gasteiger partial charge in [0, 0.05) is 0 Å². The predicted molar refractivity (Wildman–Crippen MR) is 50.3 cm³/mol. The first-order chi connectivity index (χ1) is 5.78. The highest BCUT2D eigenvalue weighted by Gasteiger charge is 2.26. The predicted octanol–water partition coefficient (Wildman–Crippen LogP) is 0.690. The molecule has 0 heterocycles. The summed E-state index contributed by atoms with van der Waals surface area (Å²) in [5, 5.41) is 0. The van der Waals surface area contributed by atoms with Crippen molar-refractivity contribution < 1.29 is 14.3 Å².